The highest BCUT2D eigenvalue weighted by atomic mass is 16.4. The van der Waals surface area contributed by atoms with E-state index in [1.807, 2.05) is 0 Å². The van der Waals surface area contributed by atoms with E-state index in [1.54, 1.807) is 0 Å². The molecule has 0 spiro atoms. The molecule has 4 N–H and O–H groups in total. The summed E-state index contributed by atoms with van der Waals surface area (Å²) < 4.78 is 0. The van der Waals surface area contributed by atoms with Gasteiger partial charge in [0.15, 0.2) is 12.2 Å². The van der Waals surface area contributed by atoms with Crippen molar-refractivity contribution in [3.8, 4) is 0 Å². The maximum Gasteiger partial charge on any atom is 0.335 e. The largest absolute Gasteiger partial charge is 0.479 e. The van der Waals surface area contributed by atoms with Gasteiger partial charge in [0.25, 0.3) is 0 Å². The lowest BCUT2D eigenvalue weighted by molar-refractivity contribution is -0.165. The minimum absolute atomic E-state index is 0. The first-order valence-corrected chi connectivity index (χ1v) is 2.28. The molecule has 0 saturated carbocycles. The molecule has 0 bridgehead atoms. The lowest BCUT2D eigenvalue weighted by atomic mass is 10.2. The topological polar surface area (TPSA) is 115 Å². The molecule has 0 fully saturated rings. The lowest BCUT2D eigenvalue weighted by Gasteiger charge is -2.07. The van der Waals surface area contributed by atoms with Crippen LogP contribution in [0.1, 0.15) is 1.43 Å². The van der Waals surface area contributed by atoms with Crippen LogP contribution < -0.4 is 0 Å². The maximum absolute atomic E-state index is 9.77. The van der Waals surface area contributed by atoms with Crippen molar-refractivity contribution in [3.05, 3.63) is 0 Å². The Kier molecular flexibility index (Phi) is 2.78. The van der Waals surface area contributed by atoms with Gasteiger partial charge in [-0.05, 0) is 0 Å². The second kappa shape index (κ2) is 3.14. The number of hydrogen-bond donors (Lipinski definition) is 4. The summed E-state index contributed by atoms with van der Waals surface area (Å²) in [5, 5.41) is 32.5. The van der Waals surface area contributed by atoms with Crippen LogP contribution in [0.3, 0.4) is 0 Å². The van der Waals surface area contributed by atoms with Gasteiger partial charge in [-0.1, -0.05) is 0 Å². The highest BCUT2D eigenvalue weighted by Crippen LogP contribution is 1.92. The van der Waals surface area contributed by atoms with Crippen LogP contribution >= 0.6 is 0 Å². The van der Waals surface area contributed by atoms with Crippen LogP contribution in [0.15, 0.2) is 0 Å². The molecule has 0 heterocycles. The Hall–Kier alpha value is -1.14. The molecule has 0 aromatic heterocycles. The van der Waals surface area contributed by atoms with E-state index >= 15 is 0 Å². The molecule has 0 amide bonds. The summed E-state index contributed by atoms with van der Waals surface area (Å²) in [6, 6.07) is 0. The highest BCUT2D eigenvalue weighted by Gasteiger charge is 2.29. The third kappa shape index (κ3) is 2.00. The van der Waals surface area contributed by atoms with Crippen molar-refractivity contribution in [3.63, 3.8) is 0 Å². The Labute approximate surface area is 56.8 Å². The molecule has 0 aliphatic heterocycles. The van der Waals surface area contributed by atoms with Crippen LogP contribution in [0.2, 0.25) is 0 Å². The van der Waals surface area contributed by atoms with E-state index in [4.69, 9.17) is 20.4 Å². The van der Waals surface area contributed by atoms with E-state index in [-0.39, 0.29) is 1.43 Å². The van der Waals surface area contributed by atoms with E-state index in [1.165, 1.54) is 0 Å². The van der Waals surface area contributed by atoms with Crippen molar-refractivity contribution in [2.24, 2.45) is 0 Å². The van der Waals surface area contributed by atoms with Gasteiger partial charge < -0.3 is 20.4 Å². The van der Waals surface area contributed by atoms with E-state index in [0.29, 0.717) is 0 Å². The second-order valence-electron chi connectivity index (χ2n) is 1.57. The molecule has 0 aliphatic rings. The summed E-state index contributed by atoms with van der Waals surface area (Å²) in [4.78, 5) is 19.5. The number of aliphatic carboxylic acids is 2. The molecule has 0 aromatic rings. The summed E-state index contributed by atoms with van der Waals surface area (Å²) in [6.07, 6.45) is -4.53. The summed E-state index contributed by atoms with van der Waals surface area (Å²) in [5.74, 6) is -3.54. The Morgan fingerprint density at radius 3 is 1.30 bits per heavy atom. The first kappa shape index (κ1) is 8.86. The van der Waals surface area contributed by atoms with Gasteiger partial charge in [-0.25, -0.2) is 9.59 Å². The van der Waals surface area contributed by atoms with Crippen LogP contribution in [0, 0.1) is 0 Å². The summed E-state index contributed by atoms with van der Waals surface area (Å²) in [5.41, 5.74) is 0. The number of carboxylic acid groups (broad SMARTS) is 2. The molecule has 0 rings (SSSR count). The Bertz CT molecular complexity index is 139. The Balaban J connectivity index is 0. The fourth-order valence-corrected chi connectivity index (χ4v) is 0.270. The number of carbonyl (C=O) groups is 2. The minimum atomic E-state index is -2.27. The molecule has 60 valence electrons. The van der Waals surface area contributed by atoms with Gasteiger partial charge in [0.05, 0.1) is 0 Å². The van der Waals surface area contributed by atoms with Gasteiger partial charge in [0, 0.05) is 1.43 Å². The lowest BCUT2D eigenvalue weighted by Crippen LogP contribution is -2.39. The van der Waals surface area contributed by atoms with Gasteiger partial charge in [-0.2, -0.15) is 0 Å². The number of hydrogen-bond acceptors (Lipinski definition) is 4. The molecule has 0 aliphatic carbocycles. The monoisotopic (exact) mass is 152 g/mol. The Morgan fingerprint density at radius 2 is 1.20 bits per heavy atom. The Morgan fingerprint density at radius 1 is 1.00 bits per heavy atom. The first-order chi connectivity index (χ1) is 4.46. The highest BCUT2D eigenvalue weighted by molar-refractivity contribution is 5.82. The van der Waals surface area contributed by atoms with Crippen molar-refractivity contribution in [2.75, 3.05) is 0 Å². The van der Waals surface area contributed by atoms with Crippen LogP contribution in [-0.4, -0.2) is 44.6 Å². The zero-order valence-electron chi connectivity index (χ0n) is 4.76. The van der Waals surface area contributed by atoms with Crippen LogP contribution in [-0.2, 0) is 9.59 Å². The van der Waals surface area contributed by atoms with E-state index in [9.17, 15) is 9.59 Å². The van der Waals surface area contributed by atoms with Crippen molar-refractivity contribution >= 4 is 11.9 Å². The molecule has 6 heteroatoms. The van der Waals surface area contributed by atoms with Gasteiger partial charge in [-0.3, -0.25) is 0 Å². The fraction of sp³-hybridized carbons (Fsp3) is 0.500. The average Bonchev–Trinajstić information content (AvgIpc) is 1.84. The zero-order chi connectivity index (χ0) is 8.31. The predicted molar refractivity (Wildman–Crippen MR) is 29.4 cm³/mol. The van der Waals surface area contributed by atoms with Crippen LogP contribution in [0.4, 0.5) is 0 Å². The van der Waals surface area contributed by atoms with Crippen LogP contribution in [0.5, 0.6) is 0 Å². The van der Waals surface area contributed by atoms with Crippen LogP contribution in [0.25, 0.3) is 0 Å². The molecule has 0 saturated heterocycles. The van der Waals surface area contributed by atoms with Crippen molar-refractivity contribution in [1.29, 1.82) is 0 Å². The quantitative estimate of drug-likeness (QED) is 0.376. The van der Waals surface area contributed by atoms with Gasteiger partial charge in [0.2, 0.25) is 0 Å². The van der Waals surface area contributed by atoms with Gasteiger partial charge >= 0.3 is 11.9 Å². The van der Waals surface area contributed by atoms with E-state index in [2.05, 4.69) is 0 Å². The second-order valence-corrected chi connectivity index (χ2v) is 1.57. The van der Waals surface area contributed by atoms with E-state index in [0.717, 1.165) is 0 Å². The number of carboxylic acids is 2. The molecule has 0 aromatic carbocycles. The standard InChI is InChI=1S/C4H6O6.H2/c5-1(3(7)8)2(6)4(9)10;/h1-2,5-6H,(H,7,8)(H,9,10);1H. The molecule has 2 unspecified atom stereocenters. The number of rotatable bonds is 3. The summed E-state index contributed by atoms with van der Waals surface area (Å²) in [7, 11) is 0. The zero-order valence-corrected chi connectivity index (χ0v) is 4.76. The summed E-state index contributed by atoms with van der Waals surface area (Å²) in [6.45, 7) is 0. The molecule has 6 nitrogen and oxygen atoms in total. The smallest absolute Gasteiger partial charge is 0.335 e. The molecule has 0 radical (unpaired) electrons. The van der Waals surface area contributed by atoms with Crippen molar-refractivity contribution in [2.45, 2.75) is 12.2 Å². The summed E-state index contributed by atoms with van der Waals surface area (Å²) >= 11 is 0. The molecular formula is C4H8O6. The van der Waals surface area contributed by atoms with Gasteiger partial charge in [-0.15, -0.1) is 0 Å². The fourth-order valence-electron chi connectivity index (χ4n) is 0.270. The number of aliphatic hydroxyl groups excluding tert-OH is 2. The van der Waals surface area contributed by atoms with E-state index < -0.39 is 24.1 Å². The molecule has 10 heavy (non-hydrogen) atoms. The average molecular weight is 152 g/mol. The van der Waals surface area contributed by atoms with Gasteiger partial charge in [0.1, 0.15) is 0 Å². The number of aliphatic hydroxyl groups is 2. The third-order valence-electron chi connectivity index (χ3n) is 0.805. The first-order valence-electron chi connectivity index (χ1n) is 2.28. The maximum atomic E-state index is 9.77. The molecular weight excluding hydrogens is 144 g/mol. The van der Waals surface area contributed by atoms with Crippen molar-refractivity contribution < 1.29 is 31.4 Å². The molecule has 2 atom stereocenters. The SMILES string of the molecule is O=C(O)C(O)C(O)C(=O)O.[HH]. The van der Waals surface area contributed by atoms with Crippen molar-refractivity contribution in [1.82, 2.24) is 0 Å². The third-order valence-corrected chi connectivity index (χ3v) is 0.805. The minimum Gasteiger partial charge on any atom is -0.479 e. The predicted octanol–water partition coefficient (Wildman–Crippen LogP) is -1.88. The normalized spacial score (nSPS) is 15.8.